The van der Waals surface area contributed by atoms with E-state index >= 15 is 0 Å². The Hall–Kier alpha value is -1.70. The zero-order valence-corrected chi connectivity index (χ0v) is 19.5. The highest BCUT2D eigenvalue weighted by molar-refractivity contribution is 5.62. The maximum absolute atomic E-state index is 10.6. The molecule has 0 spiro atoms. The van der Waals surface area contributed by atoms with Crippen LogP contribution in [0.1, 0.15) is 25.7 Å². The number of hydrogen-bond donors (Lipinski definition) is 0. The van der Waals surface area contributed by atoms with Crippen molar-refractivity contribution in [2.45, 2.75) is 50.1 Å². The highest BCUT2D eigenvalue weighted by atomic mass is 16.8. The number of unbranched alkanes of at least 4 members (excludes halogenated alkanes) is 2. The Morgan fingerprint density at radius 3 is 1.12 bits per heavy atom. The average molecular weight is 493 g/mol. The van der Waals surface area contributed by atoms with Gasteiger partial charge in [0.2, 0.25) is 0 Å². The SMILES string of the molecule is C(CCOCC1CO1)COCC1CO1.O=C1OCC(COCCCCOCC2COC(=O)O2)O1. The van der Waals surface area contributed by atoms with Gasteiger partial charge in [0, 0.05) is 26.4 Å². The largest absolute Gasteiger partial charge is 0.508 e. The van der Waals surface area contributed by atoms with Gasteiger partial charge in [-0.15, -0.1) is 0 Å². The third-order valence-electron chi connectivity index (χ3n) is 4.97. The molecule has 0 radical (unpaired) electrons. The number of carbonyl (C=O) groups excluding carboxylic acids is 2. The van der Waals surface area contributed by atoms with Crippen molar-refractivity contribution in [1.29, 1.82) is 0 Å². The minimum absolute atomic E-state index is 0.254. The zero-order valence-electron chi connectivity index (χ0n) is 19.5. The van der Waals surface area contributed by atoms with Gasteiger partial charge in [-0.1, -0.05) is 0 Å². The fourth-order valence-electron chi connectivity index (χ4n) is 2.90. The predicted molar refractivity (Wildman–Crippen MR) is 114 cm³/mol. The lowest BCUT2D eigenvalue weighted by molar-refractivity contribution is 0.0305. The normalized spacial score (nSPS) is 26.7. The lowest BCUT2D eigenvalue weighted by Crippen LogP contribution is -2.19. The molecule has 0 aromatic heterocycles. The van der Waals surface area contributed by atoms with Crippen LogP contribution in [0.2, 0.25) is 0 Å². The second-order valence-corrected chi connectivity index (χ2v) is 8.23. The summed E-state index contributed by atoms with van der Waals surface area (Å²) in [7, 11) is 0. The van der Waals surface area contributed by atoms with Crippen molar-refractivity contribution >= 4 is 12.3 Å². The highest BCUT2D eigenvalue weighted by Crippen LogP contribution is 2.10. The van der Waals surface area contributed by atoms with E-state index in [1.165, 1.54) is 0 Å². The number of cyclic esters (lactones) is 4. The van der Waals surface area contributed by atoms with Gasteiger partial charge in [-0.25, -0.2) is 9.59 Å². The van der Waals surface area contributed by atoms with Gasteiger partial charge in [0.25, 0.3) is 0 Å². The molecule has 0 bridgehead atoms. The van der Waals surface area contributed by atoms with Crippen molar-refractivity contribution in [1.82, 2.24) is 0 Å². The van der Waals surface area contributed by atoms with Gasteiger partial charge < -0.3 is 47.4 Å². The van der Waals surface area contributed by atoms with Crippen LogP contribution >= 0.6 is 0 Å². The van der Waals surface area contributed by atoms with E-state index in [0.29, 0.717) is 38.6 Å². The van der Waals surface area contributed by atoms with Crippen molar-refractivity contribution < 1.29 is 57.0 Å². The molecule has 4 heterocycles. The summed E-state index contributed by atoms with van der Waals surface area (Å²) in [6.07, 6.45) is 2.72. The number of carbonyl (C=O) groups is 2. The van der Waals surface area contributed by atoms with Crippen LogP contribution < -0.4 is 0 Å². The van der Waals surface area contributed by atoms with Gasteiger partial charge in [0.05, 0.1) is 39.6 Å². The minimum atomic E-state index is -0.636. The molecule has 0 N–H and O–H groups in total. The summed E-state index contributed by atoms with van der Waals surface area (Å²) in [6.45, 7) is 7.27. The number of hydrogen-bond acceptors (Lipinski definition) is 12. The number of ether oxygens (including phenoxy) is 10. The molecule has 4 aliphatic rings. The van der Waals surface area contributed by atoms with E-state index in [2.05, 4.69) is 9.47 Å². The first-order valence-corrected chi connectivity index (χ1v) is 11.9. The molecule has 4 unspecified atom stereocenters. The Bertz CT molecular complexity index is 530. The summed E-state index contributed by atoms with van der Waals surface area (Å²) >= 11 is 0. The summed E-state index contributed by atoms with van der Waals surface area (Å²) in [5.41, 5.74) is 0. The van der Waals surface area contributed by atoms with Crippen molar-refractivity contribution in [3.8, 4) is 0 Å². The molecule has 4 saturated heterocycles. The van der Waals surface area contributed by atoms with Crippen LogP contribution in [0.3, 0.4) is 0 Å². The molecule has 0 aromatic rings. The van der Waals surface area contributed by atoms with Crippen LogP contribution in [0.5, 0.6) is 0 Å². The van der Waals surface area contributed by atoms with Gasteiger partial charge in [0.1, 0.15) is 25.4 Å². The summed E-state index contributed by atoms with van der Waals surface area (Å²) in [4.78, 5) is 21.3. The van der Waals surface area contributed by atoms with E-state index in [0.717, 1.165) is 65.3 Å². The summed E-state index contributed by atoms with van der Waals surface area (Å²) in [6, 6.07) is 0. The van der Waals surface area contributed by atoms with Gasteiger partial charge in [-0.3, -0.25) is 0 Å². The Morgan fingerprint density at radius 2 is 0.853 bits per heavy atom. The molecule has 34 heavy (non-hydrogen) atoms. The van der Waals surface area contributed by atoms with E-state index in [1.807, 2.05) is 0 Å². The molecule has 4 atom stereocenters. The first kappa shape index (κ1) is 26.9. The quantitative estimate of drug-likeness (QED) is 0.156. The molecule has 12 nitrogen and oxygen atoms in total. The van der Waals surface area contributed by atoms with Gasteiger partial charge in [-0.05, 0) is 25.7 Å². The Morgan fingerprint density at radius 1 is 0.529 bits per heavy atom. The topological polar surface area (TPSA) is 133 Å². The molecule has 0 saturated carbocycles. The van der Waals surface area contributed by atoms with Crippen molar-refractivity contribution in [2.75, 3.05) is 79.3 Å². The van der Waals surface area contributed by atoms with Crippen molar-refractivity contribution in [2.24, 2.45) is 0 Å². The second-order valence-electron chi connectivity index (χ2n) is 8.23. The maximum atomic E-state index is 10.6. The van der Waals surface area contributed by atoms with Crippen LogP contribution in [-0.2, 0) is 47.4 Å². The van der Waals surface area contributed by atoms with Gasteiger partial charge >= 0.3 is 12.3 Å². The second kappa shape index (κ2) is 16.1. The lowest BCUT2D eigenvalue weighted by atomic mass is 10.3. The number of rotatable bonds is 18. The van der Waals surface area contributed by atoms with Crippen LogP contribution in [-0.4, -0.2) is 116 Å². The van der Waals surface area contributed by atoms with Gasteiger partial charge in [-0.2, -0.15) is 0 Å². The summed E-state index contributed by atoms with van der Waals surface area (Å²) in [5.74, 6) is 0. The fourth-order valence-corrected chi connectivity index (χ4v) is 2.90. The van der Waals surface area contributed by atoms with E-state index in [4.69, 9.17) is 37.9 Å². The minimum Gasteiger partial charge on any atom is -0.430 e. The van der Waals surface area contributed by atoms with Gasteiger partial charge in [0.15, 0.2) is 12.2 Å². The highest BCUT2D eigenvalue weighted by Gasteiger charge is 2.26. The van der Waals surface area contributed by atoms with Crippen LogP contribution in [0.25, 0.3) is 0 Å². The van der Waals surface area contributed by atoms with E-state index in [1.54, 1.807) is 0 Å². The van der Waals surface area contributed by atoms with Crippen LogP contribution in [0.4, 0.5) is 9.59 Å². The fraction of sp³-hybridized carbons (Fsp3) is 0.909. The van der Waals surface area contributed by atoms with Crippen LogP contribution in [0, 0.1) is 0 Å². The average Bonchev–Trinajstić information content (AvgIpc) is 3.75. The Labute approximate surface area is 199 Å². The standard InChI is InChI=1S/C12H18O8.C10H18O4/c13-11-17-7-9(19-11)5-15-3-1-2-4-16-6-10-8-18-12(14)20-10;1(3-11-5-9-7-13-9)2-4-12-6-10-8-14-10/h9-10H,1-8H2;9-10H,1-8H2. The van der Waals surface area contributed by atoms with E-state index in [-0.39, 0.29) is 25.4 Å². The first-order valence-electron chi connectivity index (χ1n) is 11.9. The molecule has 4 rings (SSSR count). The Kier molecular flexibility index (Phi) is 12.7. The molecule has 12 heteroatoms. The molecule has 0 amide bonds. The third kappa shape index (κ3) is 13.3. The summed E-state index contributed by atoms with van der Waals surface area (Å²) in [5, 5.41) is 0. The first-order chi connectivity index (χ1) is 16.7. The Balaban J connectivity index is 0.000000202. The van der Waals surface area contributed by atoms with Crippen molar-refractivity contribution in [3.63, 3.8) is 0 Å². The predicted octanol–water partition coefficient (Wildman–Crippen LogP) is 1.47. The zero-order chi connectivity index (χ0) is 23.8. The lowest BCUT2D eigenvalue weighted by Gasteiger charge is -2.09. The molecule has 0 aliphatic carbocycles. The van der Waals surface area contributed by atoms with Crippen LogP contribution in [0.15, 0.2) is 0 Å². The van der Waals surface area contributed by atoms with E-state index in [9.17, 15) is 9.59 Å². The molecular weight excluding hydrogens is 456 g/mol. The van der Waals surface area contributed by atoms with Crippen molar-refractivity contribution in [3.05, 3.63) is 0 Å². The molecule has 0 aromatic carbocycles. The molecule has 196 valence electrons. The summed E-state index contributed by atoms with van der Waals surface area (Å²) < 4.78 is 50.4. The molecule has 4 fully saturated rings. The molecule has 4 aliphatic heterocycles. The maximum Gasteiger partial charge on any atom is 0.508 e. The smallest absolute Gasteiger partial charge is 0.430 e. The molecular formula is C22H36O12. The third-order valence-corrected chi connectivity index (χ3v) is 4.97. The number of epoxide rings is 2. The van der Waals surface area contributed by atoms with E-state index < -0.39 is 12.3 Å². The monoisotopic (exact) mass is 492 g/mol.